The van der Waals surface area contributed by atoms with Gasteiger partial charge in [-0.25, -0.2) is 13.1 Å². The van der Waals surface area contributed by atoms with Crippen molar-refractivity contribution < 1.29 is 8.42 Å². The maximum absolute atomic E-state index is 11.7. The van der Waals surface area contributed by atoms with Crippen LogP contribution < -0.4 is 10.0 Å². The molecule has 0 aliphatic heterocycles. The van der Waals surface area contributed by atoms with Crippen molar-refractivity contribution in [2.45, 2.75) is 26.8 Å². The monoisotopic (exact) mass is 270 g/mol. The average Bonchev–Trinajstić information content (AvgIpc) is 2.33. The molecular weight excluding hydrogens is 248 g/mol. The van der Waals surface area contributed by atoms with Gasteiger partial charge in [-0.1, -0.05) is 36.8 Å². The van der Waals surface area contributed by atoms with E-state index in [1.165, 1.54) is 0 Å². The summed E-state index contributed by atoms with van der Waals surface area (Å²) in [6.07, 6.45) is 0.636. The highest BCUT2D eigenvalue weighted by atomic mass is 32.2. The SMILES string of the molecule is CCNCCCS(=O)(=O)NCc1cccc(C)c1. The molecule has 0 aliphatic carbocycles. The number of aryl methyl sites for hydroxylation is 1. The summed E-state index contributed by atoms with van der Waals surface area (Å²) in [6.45, 7) is 5.97. The molecule has 2 N–H and O–H groups in total. The van der Waals surface area contributed by atoms with E-state index < -0.39 is 10.0 Å². The van der Waals surface area contributed by atoms with E-state index in [0.29, 0.717) is 13.0 Å². The molecular formula is C13H22N2O2S. The second-order valence-corrected chi connectivity index (χ2v) is 6.26. The van der Waals surface area contributed by atoms with Gasteiger partial charge in [0.05, 0.1) is 5.75 Å². The van der Waals surface area contributed by atoms with Crippen molar-refractivity contribution in [2.75, 3.05) is 18.8 Å². The third kappa shape index (κ3) is 6.14. The number of benzene rings is 1. The molecule has 0 atom stereocenters. The van der Waals surface area contributed by atoms with Gasteiger partial charge in [0.15, 0.2) is 0 Å². The lowest BCUT2D eigenvalue weighted by atomic mass is 10.1. The Hall–Kier alpha value is -0.910. The third-order valence-electron chi connectivity index (χ3n) is 2.60. The summed E-state index contributed by atoms with van der Waals surface area (Å²) in [5.41, 5.74) is 2.13. The normalized spacial score (nSPS) is 11.7. The van der Waals surface area contributed by atoms with Crippen molar-refractivity contribution >= 4 is 10.0 Å². The van der Waals surface area contributed by atoms with Crippen LogP contribution in [-0.2, 0) is 16.6 Å². The van der Waals surface area contributed by atoms with E-state index in [-0.39, 0.29) is 5.75 Å². The minimum atomic E-state index is -3.16. The van der Waals surface area contributed by atoms with Crippen LogP contribution in [-0.4, -0.2) is 27.3 Å². The molecule has 0 spiro atoms. The molecule has 1 rings (SSSR count). The summed E-state index contributed by atoms with van der Waals surface area (Å²) in [7, 11) is -3.16. The quantitative estimate of drug-likeness (QED) is 0.702. The van der Waals surface area contributed by atoms with Crippen LogP contribution in [0.2, 0.25) is 0 Å². The summed E-state index contributed by atoms with van der Waals surface area (Å²) in [4.78, 5) is 0. The number of hydrogen-bond donors (Lipinski definition) is 2. The lowest BCUT2D eigenvalue weighted by molar-refractivity contribution is 0.575. The molecule has 0 aliphatic rings. The molecule has 102 valence electrons. The van der Waals surface area contributed by atoms with Gasteiger partial charge in [-0.15, -0.1) is 0 Å². The van der Waals surface area contributed by atoms with Gasteiger partial charge in [0.1, 0.15) is 0 Å². The smallest absolute Gasteiger partial charge is 0.211 e. The van der Waals surface area contributed by atoms with Crippen LogP contribution in [0.15, 0.2) is 24.3 Å². The Bertz CT molecular complexity index is 458. The van der Waals surface area contributed by atoms with Gasteiger partial charge in [-0.2, -0.15) is 0 Å². The van der Waals surface area contributed by atoms with E-state index in [4.69, 9.17) is 0 Å². The Morgan fingerprint density at radius 1 is 1.28 bits per heavy atom. The van der Waals surface area contributed by atoms with Gasteiger partial charge in [0, 0.05) is 6.54 Å². The summed E-state index contributed by atoms with van der Waals surface area (Å²) in [6, 6.07) is 7.84. The van der Waals surface area contributed by atoms with Crippen molar-refractivity contribution in [1.82, 2.24) is 10.0 Å². The first-order valence-electron chi connectivity index (χ1n) is 6.27. The lowest BCUT2D eigenvalue weighted by Gasteiger charge is -2.07. The predicted molar refractivity (Wildman–Crippen MR) is 75.0 cm³/mol. The molecule has 18 heavy (non-hydrogen) atoms. The van der Waals surface area contributed by atoms with E-state index in [2.05, 4.69) is 10.0 Å². The molecule has 0 amide bonds. The van der Waals surface area contributed by atoms with E-state index in [9.17, 15) is 8.42 Å². The van der Waals surface area contributed by atoms with E-state index in [1.54, 1.807) is 0 Å². The molecule has 0 radical (unpaired) electrons. The van der Waals surface area contributed by atoms with Gasteiger partial charge in [-0.3, -0.25) is 0 Å². The fourth-order valence-corrected chi connectivity index (χ4v) is 2.71. The number of nitrogens with one attached hydrogen (secondary N) is 2. The first kappa shape index (κ1) is 15.1. The molecule has 0 heterocycles. The standard InChI is InChI=1S/C13H22N2O2S/c1-3-14-8-5-9-18(16,17)15-11-13-7-4-6-12(2)10-13/h4,6-7,10,14-15H,3,5,8-9,11H2,1-2H3. The maximum atomic E-state index is 11.7. The van der Waals surface area contributed by atoms with E-state index in [1.807, 2.05) is 38.1 Å². The molecule has 1 aromatic rings. The van der Waals surface area contributed by atoms with Gasteiger partial charge in [-0.05, 0) is 32.0 Å². The lowest BCUT2D eigenvalue weighted by Crippen LogP contribution is -2.28. The molecule has 0 saturated heterocycles. The van der Waals surface area contributed by atoms with E-state index in [0.717, 1.165) is 24.2 Å². The first-order valence-corrected chi connectivity index (χ1v) is 7.92. The third-order valence-corrected chi connectivity index (χ3v) is 4.01. The summed E-state index contributed by atoms with van der Waals surface area (Å²) in [5, 5.41) is 3.11. The largest absolute Gasteiger partial charge is 0.317 e. The highest BCUT2D eigenvalue weighted by Gasteiger charge is 2.09. The van der Waals surface area contributed by atoms with Crippen LogP contribution in [0.3, 0.4) is 0 Å². The van der Waals surface area contributed by atoms with E-state index >= 15 is 0 Å². The van der Waals surface area contributed by atoms with Crippen molar-refractivity contribution in [2.24, 2.45) is 0 Å². The maximum Gasteiger partial charge on any atom is 0.211 e. The molecule has 0 saturated carbocycles. The highest BCUT2D eigenvalue weighted by Crippen LogP contribution is 2.04. The second kappa shape index (κ2) is 7.51. The minimum Gasteiger partial charge on any atom is -0.317 e. The van der Waals surface area contributed by atoms with Crippen LogP contribution in [0.25, 0.3) is 0 Å². The molecule has 0 bridgehead atoms. The van der Waals surface area contributed by atoms with Crippen LogP contribution in [0, 0.1) is 6.92 Å². The van der Waals surface area contributed by atoms with Crippen molar-refractivity contribution in [3.8, 4) is 0 Å². The summed E-state index contributed by atoms with van der Waals surface area (Å²) < 4.78 is 26.0. The molecule has 4 nitrogen and oxygen atoms in total. The van der Waals surface area contributed by atoms with Gasteiger partial charge in [0.25, 0.3) is 0 Å². The molecule has 5 heteroatoms. The number of hydrogen-bond acceptors (Lipinski definition) is 3. The Morgan fingerprint density at radius 2 is 2.06 bits per heavy atom. The molecule has 1 aromatic carbocycles. The Kier molecular flexibility index (Phi) is 6.32. The van der Waals surface area contributed by atoms with Crippen LogP contribution in [0.5, 0.6) is 0 Å². The van der Waals surface area contributed by atoms with Crippen molar-refractivity contribution in [1.29, 1.82) is 0 Å². The van der Waals surface area contributed by atoms with Crippen LogP contribution in [0.4, 0.5) is 0 Å². The second-order valence-electron chi connectivity index (χ2n) is 4.34. The predicted octanol–water partition coefficient (Wildman–Crippen LogP) is 1.41. The highest BCUT2D eigenvalue weighted by molar-refractivity contribution is 7.89. The zero-order valence-electron chi connectivity index (χ0n) is 11.1. The van der Waals surface area contributed by atoms with Gasteiger partial charge < -0.3 is 5.32 Å². The topological polar surface area (TPSA) is 58.2 Å². The first-order chi connectivity index (χ1) is 8.53. The Morgan fingerprint density at radius 3 is 2.72 bits per heavy atom. The Labute approximate surface area is 110 Å². The Balaban J connectivity index is 2.37. The summed E-state index contributed by atoms with van der Waals surface area (Å²) in [5.74, 6) is 0.172. The summed E-state index contributed by atoms with van der Waals surface area (Å²) >= 11 is 0. The van der Waals surface area contributed by atoms with Crippen molar-refractivity contribution in [3.63, 3.8) is 0 Å². The number of rotatable bonds is 8. The van der Waals surface area contributed by atoms with Crippen molar-refractivity contribution in [3.05, 3.63) is 35.4 Å². The van der Waals surface area contributed by atoms with Gasteiger partial charge in [0.2, 0.25) is 10.0 Å². The number of sulfonamides is 1. The van der Waals surface area contributed by atoms with Gasteiger partial charge >= 0.3 is 0 Å². The zero-order valence-corrected chi connectivity index (χ0v) is 11.9. The zero-order chi connectivity index (χ0) is 13.4. The van der Waals surface area contributed by atoms with Crippen LogP contribution >= 0.6 is 0 Å². The van der Waals surface area contributed by atoms with Crippen LogP contribution in [0.1, 0.15) is 24.5 Å². The average molecular weight is 270 g/mol. The fourth-order valence-electron chi connectivity index (χ4n) is 1.65. The molecule has 0 aromatic heterocycles. The molecule has 0 unspecified atom stereocenters. The minimum absolute atomic E-state index is 0.172. The molecule has 0 fully saturated rings. The fraction of sp³-hybridized carbons (Fsp3) is 0.538.